The molecule has 0 fully saturated rings. The third-order valence-electron chi connectivity index (χ3n) is 1.67. The Balaban J connectivity index is 2.85. The van der Waals surface area contributed by atoms with E-state index in [4.69, 9.17) is 6.57 Å². The number of hydrogen-bond acceptors (Lipinski definition) is 2. The Labute approximate surface area is 78.5 Å². The van der Waals surface area contributed by atoms with Crippen molar-refractivity contribution >= 4 is 27.2 Å². The second kappa shape index (κ2) is 2.79. The average Bonchev–Trinajstić information content (AvgIpc) is 2.46. The molecule has 0 unspecified atom stereocenters. The number of benzene rings is 1. The van der Waals surface area contributed by atoms with E-state index in [9.17, 15) is 4.39 Å². The number of fused-ring (bicyclic) bond motifs is 1. The van der Waals surface area contributed by atoms with Gasteiger partial charge < -0.3 is 0 Å². The standard InChI is InChI=1S/C9H5FN2S/c1-5-12-9-7(10)3-6(11-2)4-8(9)13-5/h3-4H,1H3. The van der Waals surface area contributed by atoms with Crippen LogP contribution in [0.1, 0.15) is 5.01 Å². The highest BCUT2D eigenvalue weighted by Crippen LogP contribution is 2.28. The number of halogens is 1. The molecule has 0 amide bonds. The number of hydrogen-bond donors (Lipinski definition) is 0. The largest absolute Gasteiger partial charge is 0.239 e. The van der Waals surface area contributed by atoms with Gasteiger partial charge in [-0.25, -0.2) is 14.2 Å². The first-order valence-electron chi connectivity index (χ1n) is 3.65. The van der Waals surface area contributed by atoms with Gasteiger partial charge in [-0.1, -0.05) is 0 Å². The fourth-order valence-electron chi connectivity index (χ4n) is 1.15. The maximum atomic E-state index is 13.2. The average molecular weight is 192 g/mol. The van der Waals surface area contributed by atoms with E-state index >= 15 is 0 Å². The van der Waals surface area contributed by atoms with Crippen molar-refractivity contribution in [2.45, 2.75) is 6.92 Å². The molecule has 0 aliphatic rings. The van der Waals surface area contributed by atoms with Crippen molar-refractivity contribution < 1.29 is 4.39 Å². The van der Waals surface area contributed by atoms with Gasteiger partial charge in [-0.2, -0.15) is 0 Å². The summed E-state index contributed by atoms with van der Waals surface area (Å²) in [6.45, 7) is 8.59. The summed E-state index contributed by atoms with van der Waals surface area (Å²) in [5, 5.41) is 0.816. The molecule has 1 aromatic carbocycles. The SMILES string of the molecule is [C-]#[N+]c1cc(F)c2nc(C)sc2c1. The van der Waals surface area contributed by atoms with Crippen molar-refractivity contribution in [2.24, 2.45) is 0 Å². The minimum atomic E-state index is -0.409. The first kappa shape index (κ1) is 8.14. The van der Waals surface area contributed by atoms with Crippen molar-refractivity contribution in [3.63, 3.8) is 0 Å². The molecule has 1 aromatic heterocycles. The van der Waals surface area contributed by atoms with Crippen LogP contribution in [0.4, 0.5) is 10.1 Å². The summed E-state index contributed by atoms with van der Waals surface area (Å²) in [5.41, 5.74) is 0.698. The van der Waals surface area contributed by atoms with Crippen LogP contribution < -0.4 is 0 Å². The van der Waals surface area contributed by atoms with Gasteiger partial charge in [0.1, 0.15) is 11.3 Å². The summed E-state index contributed by atoms with van der Waals surface area (Å²) >= 11 is 1.40. The Hall–Kier alpha value is -1.47. The number of nitrogens with zero attached hydrogens (tertiary/aromatic N) is 2. The lowest BCUT2D eigenvalue weighted by molar-refractivity contribution is 0.638. The Morgan fingerprint density at radius 1 is 1.54 bits per heavy atom. The van der Waals surface area contributed by atoms with Crippen LogP contribution in [-0.4, -0.2) is 4.98 Å². The molecule has 2 aromatic rings. The molecule has 1 heterocycles. The summed E-state index contributed by atoms with van der Waals surface area (Å²) in [4.78, 5) is 7.21. The molecule has 4 heteroatoms. The highest BCUT2D eigenvalue weighted by Gasteiger charge is 2.07. The van der Waals surface area contributed by atoms with Crippen LogP contribution in [-0.2, 0) is 0 Å². The van der Waals surface area contributed by atoms with Gasteiger partial charge >= 0.3 is 0 Å². The molecule has 0 saturated heterocycles. The lowest BCUT2D eigenvalue weighted by atomic mass is 10.3. The molecule has 0 bridgehead atoms. The molecule has 0 aliphatic heterocycles. The lowest BCUT2D eigenvalue weighted by Gasteiger charge is -1.91. The van der Waals surface area contributed by atoms with E-state index in [2.05, 4.69) is 9.83 Å². The van der Waals surface area contributed by atoms with E-state index in [1.165, 1.54) is 17.4 Å². The summed E-state index contributed by atoms with van der Waals surface area (Å²) in [6, 6.07) is 2.88. The number of rotatable bonds is 0. The van der Waals surface area contributed by atoms with Crippen molar-refractivity contribution in [3.05, 3.63) is 34.4 Å². The fourth-order valence-corrected chi connectivity index (χ4v) is 2.03. The second-order valence-electron chi connectivity index (χ2n) is 2.62. The summed E-state index contributed by atoms with van der Waals surface area (Å²) < 4.78 is 14.0. The van der Waals surface area contributed by atoms with Gasteiger partial charge in [0, 0.05) is 4.70 Å². The van der Waals surface area contributed by atoms with Gasteiger partial charge in [0.15, 0.2) is 5.69 Å². The molecule has 0 aliphatic carbocycles. The molecule has 0 spiro atoms. The maximum absolute atomic E-state index is 13.2. The Bertz CT molecular complexity index is 510. The molecular weight excluding hydrogens is 187 g/mol. The van der Waals surface area contributed by atoms with Crippen molar-refractivity contribution in [1.82, 2.24) is 4.98 Å². The quantitative estimate of drug-likeness (QED) is 0.585. The smallest absolute Gasteiger partial charge is 0.191 e. The van der Waals surface area contributed by atoms with Gasteiger partial charge in [-0.05, 0) is 19.1 Å². The predicted octanol–water partition coefficient (Wildman–Crippen LogP) is 3.29. The van der Waals surface area contributed by atoms with E-state index < -0.39 is 5.82 Å². The monoisotopic (exact) mass is 192 g/mol. The van der Waals surface area contributed by atoms with Crippen LogP contribution in [0.5, 0.6) is 0 Å². The minimum absolute atomic E-state index is 0.327. The van der Waals surface area contributed by atoms with Gasteiger partial charge in [0.25, 0.3) is 0 Å². The van der Waals surface area contributed by atoms with E-state index in [-0.39, 0.29) is 0 Å². The third kappa shape index (κ3) is 1.27. The molecule has 0 saturated carbocycles. The first-order chi connectivity index (χ1) is 6.20. The molecular formula is C9H5FN2S. The van der Waals surface area contributed by atoms with E-state index in [1.54, 1.807) is 6.07 Å². The van der Waals surface area contributed by atoms with Crippen LogP contribution in [0.25, 0.3) is 15.1 Å². The first-order valence-corrected chi connectivity index (χ1v) is 4.46. The molecule has 2 nitrogen and oxygen atoms in total. The Kier molecular flexibility index (Phi) is 1.74. The summed E-state index contributed by atoms with van der Waals surface area (Å²) in [6.07, 6.45) is 0. The van der Waals surface area contributed by atoms with Crippen LogP contribution in [0.15, 0.2) is 12.1 Å². The topological polar surface area (TPSA) is 17.2 Å². The second-order valence-corrected chi connectivity index (χ2v) is 3.85. The van der Waals surface area contributed by atoms with Crippen molar-refractivity contribution in [3.8, 4) is 0 Å². The van der Waals surface area contributed by atoms with Crippen LogP contribution in [0.2, 0.25) is 0 Å². The van der Waals surface area contributed by atoms with Crippen LogP contribution in [0.3, 0.4) is 0 Å². The lowest BCUT2D eigenvalue weighted by Crippen LogP contribution is -1.76. The van der Waals surface area contributed by atoms with Gasteiger partial charge in [-0.15, -0.1) is 11.3 Å². The Morgan fingerprint density at radius 3 is 3.00 bits per heavy atom. The molecule has 0 radical (unpaired) electrons. The maximum Gasteiger partial charge on any atom is 0.191 e. The fraction of sp³-hybridized carbons (Fsp3) is 0.111. The highest BCUT2D eigenvalue weighted by atomic mass is 32.1. The summed E-state index contributed by atoms with van der Waals surface area (Å²) in [5.74, 6) is -0.409. The molecule has 0 N–H and O–H groups in total. The zero-order chi connectivity index (χ0) is 9.42. The highest BCUT2D eigenvalue weighted by molar-refractivity contribution is 7.18. The van der Waals surface area contributed by atoms with E-state index in [1.807, 2.05) is 6.92 Å². The zero-order valence-corrected chi connectivity index (χ0v) is 7.65. The molecule has 64 valence electrons. The van der Waals surface area contributed by atoms with E-state index in [0.29, 0.717) is 11.2 Å². The van der Waals surface area contributed by atoms with Crippen molar-refractivity contribution in [2.75, 3.05) is 0 Å². The van der Waals surface area contributed by atoms with Gasteiger partial charge in [0.2, 0.25) is 0 Å². The normalized spacial score (nSPS) is 10.2. The third-order valence-corrected chi connectivity index (χ3v) is 2.59. The number of aryl methyl sites for hydroxylation is 1. The minimum Gasteiger partial charge on any atom is -0.239 e. The van der Waals surface area contributed by atoms with E-state index in [0.717, 1.165) is 9.71 Å². The molecule has 2 rings (SSSR count). The predicted molar refractivity (Wildman–Crippen MR) is 50.6 cm³/mol. The number of aromatic nitrogens is 1. The van der Waals surface area contributed by atoms with Gasteiger partial charge in [0.05, 0.1) is 11.6 Å². The molecule has 0 atom stereocenters. The van der Waals surface area contributed by atoms with Crippen LogP contribution >= 0.6 is 11.3 Å². The number of thiazole rings is 1. The molecule has 13 heavy (non-hydrogen) atoms. The van der Waals surface area contributed by atoms with Crippen molar-refractivity contribution in [1.29, 1.82) is 0 Å². The summed E-state index contributed by atoms with van der Waals surface area (Å²) in [7, 11) is 0. The van der Waals surface area contributed by atoms with Gasteiger partial charge in [-0.3, -0.25) is 0 Å². The van der Waals surface area contributed by atoms with Crippen LogP contribution in [0, 0.1) is 19.3 Å². The Morgan fingerprint density at radius 2 is 2.31 bits per heavy atom. The zero-order valence-electron chi connectivity index (χ0n) is 6.84.